The summed E-state index contributed by atoms with van der Waals surface area (Å²) in [6.07, 6.45) is 2.26. The highest BCUT2D eigenvalue weighted by molar-refractivity contribution is 5.99. The first-order valence-electron chi connectivity index (χ1n) is 10.6. The maximum Gasteiger partial charge on any atom is 0.224 e. The van der Waals surface area contributed by atoms with Crippen molar-refractivity contribution in [3.63, 3.8) is 0 Å². The molecule has 0 radical (unpaired) electrons. The summed E-state index contributed by atoms with van der Waals surface area (Å²) in [6, 6.07) is 19.6. The third-order valence-corrected chi connectivity index (χ3v) is 5.67. The molecule has 1 aliphatic heterocycles. The van der Waals surface area contributed by atoms with Gasteiger partial charge in [0.25, 0.3) is 0 Å². The number of rotatable bonds is 6. The van der Waals surface area contributed by atoms with Gasteiger partial charge in [0.2, 0.25) is 5.91 Å². The van der Waals surface area contributed by atoms with Crippen molar-refractivity contribution in [1.29, 1.82) is 5.41 Å². The van der Waals surface area contributed by atoms with Gasteiger partial charge in [-0.3, -0.25) is 10.2 Å². The van der Waals surface area contributed by atoms with E-state index < -0.39 is 0 Å². The van der Waals surface area contributed by atoms with Crippen LogP contribution < -0.4 is 20.7 Å². The zero-order valence-corrected chi connectivity index (χ0v) is 17.7. The molecule has 0 unspecified atom stereocenters. The summed E-state index contributed by atoms with van der Waals surface area (Å²) < 4.78 is 6.08. The Kier molecular flexibility index (Phi) is 6.18. The molecular formula is C25H28N4O2. The summed E-state index contributed by atoms with van der Waals surface area (Å²) in [6.45, 7) is 4.01. The molecular weight excluding hydrogens is 388 g/mol. The lowest BCUT2D eigenvalue weighted by Gasteiger charge is -2.25. The summed E-state index contributed by atoms with van der Waals surface area (Å²) in [5.41, 5.74) is 8.17. The number of nitrogen functional groups attached to an aromatic ring is 1. The lowest BCUT2D eigenvalue weighted by Crippen LogP contribution is -2.34. The van der Waals surface area contributed by atoms with Crippen LogP contribution in [0.15, 0.2) is 60.7 Å². The highest BCUT2D eigenvalue weighted by atomic mass is 16.5. The molecule has 3 aromatic carbocycles. The minimum atomic E-state index is -0.0235. The van der Waals surface area contributed by atoms with E-state index in [9.17, 15) is 4.79 Å². The Hall–Kier alpha value is -3.38. The lowest BCUT2D eigenvalue weighted by atomic mass is 10.0. The minimum Gasteiger partial charge on any atom is -0.490 e. The Labute approximate surface area is 182 Å². The monoisotopic (exact) mass is 416 g/mol. The molecule has 3 aromatic rings. The van der Waals surface area contributed by atoms with Crippen LogP contribution in [-0.2, 0) is 11.3 Å². The second-order valence-corrected chi connectivity index (χ2v) is 7.98. The topological polar surface area (TPSA) is 91.4 Å². The quantitative estimate of drug-likeness (QED) is 0.421. The van der Waals surface area contributed by atoms with Crippen molar-refractivity contribution in [3.8, 4) is 5.75 Å². The molecule has 1 fully saturated rings. The van der Waals surface area contributed by atoms with E-state index in [2.05, 4.69) is 5.32 Å². The van der Waals surface area contributed by atoms with Crippen LogP contribution in [0.25, 0.3) is 10.8 Å². The van der Waals surface area contributed by atoms with Gasteiger partial charge in [-0.1, -0.05) is 24.3 Å². The fraction of sp³-hybridized carbons (Fsp3) is 0.280. The molecule has 6 nitrogen and oxygen atoms in total. The second kappa shape index (κ2) is 9.18. The fourth-order valence-electron chi connectivity index (χ4n) is 3.94. The normalized spacial score (nSPS) is 14.4. The number of piperidine rings is 1. The average molecular weight is 417 g/mol. The molecule has 0 aromatic heterocycles. The molecule has 6 heteroatoms. The van der Waals surface area contributed by atoms with Gasteiger partial charge < -0.3 is 20.7 Å². The van der Waals surface area contributed by atoms with Crippen molar-refractivity contribution < 1.29 is 9.53 Å². The smallest absolute Gasteiger partial charge is 0.224 e. The molecule has 0 bridgehead atoms. The molecule has 1 amide bonds. The number of fused-ring (bicyclic) bond motifs is 1. The van der Waals surface area contributed by atoms with E-state index in [4.69, 9.17) is 15.9 Å². The number of amidine groups is 1. The van der Waals surface area contributed by atoms with Gasteiger partial charge >= 0.3 is 0 Å². The maximum atomic E-state index is 12.4. The molecule has 0 spiro atoms. The number of nitrogens with one attached hydrogen (secondary N) is 2. The SMILES string of the molecule is CC(=O)N(Cc1ccc2ccc(C(=N)N)cc2c1)c1ccc(OC2CCNCC2)cc1. The third-order valence-electron chi connectivity index (χ3n) is 5.67. The summed E-state index contributed by atoms with van der Waals surface area (Å²) in [5, 5.41) is 13.1. The molecule has 0 aliphatic carbocycles. The van der Waals surface area contributed by atoms with Gasteiger partial charge in [-0.2, -0.15) is 0 Å². The van der Waals surface area contributed by atoms with Gasteiger partial charge in [0.1, 0.15) is 17.7 Å². The van der Waals surface area contributed by atoms with Crippen LogP contribution in [0.3, 0.4) is 0 Å². The van der Waals surface area contributed by atoms with Crippen molar-refractivity contribution in [3.05, 3.63) is 71.8 Å². The van der Waals surface area contributed by atoms with Crippen LogP contribution in [0, 0.1) is 5.41 Å². The predicted octanol–water partition coefficient (Wildman–Crippen LogP) is 3.81. The largest absolute Gasteiger partial charge is 0.490 e. The molecule has 1 aliphatic rings. The Balaban J connectivity index is 1.52. The highest BCUT2D eigenvalue weighted by Gasteiger charge is 2.16. The molecule has 4 N–H and O–H groups in total. The zero-order valence-electron chi connectivity index (χ0n) is 17.7. The number of benzene rings is 3. The average Bonchev–Trinajstić information content (AvgIpc) is 2.78. The number of carbonyl (C=O) groups is 1. The first kappa shape index (κ1) is 20.9. The summed E-state index contributed by atoms with van der Waals surface area (Å²) >= 11 is 0. The van der Waals surface area contributed by atoms with Crippen LogP contribution in [0.2, 0.25) is 0 Å². The summed E-state index contributed by atoms with van der Waals surface area (Å²) in [5.74, 6) is 0.857. The van der Waals surface area contributed by atoms with E-state index >= 15 is 0 Å². The van der Waals surface area contributed by atoms with E-state index in [0.717, 1.165) is 53.7 Å². The van der Waals surface area contributed by atoms with E-state index in [0.29, 0.717) is 12.1 Å². The fourth-order valence-corrected chi connectivity index (χ4v) is 3.94. The second-order valence-electron chi connectivity index (χ2n) is 7.98. The number of carbonyl (C=O) groups excluding carboxylic acids is 1. The Morgan fingerprint density at radius 3 is 2.45 bits per heavy atom. The van der Waals surface area contributed by atoms with Crippen LogP contribution in [0.4, 0.5) is 5.69 Å². The molecule has 1 heterocycles. The van der Waals surface area contributed by atoms with Gasteiger partial charge in [-0.05, 0) is 78.7 Å². The van der Waals surface area contributed by atoms with Crippen LogP contribution in [0.5, 0.6) is 5.75 Å². The minimum absolute atomic E-state index is 0.0235. The van der Waals surface area contributed by atoms with Crippen LogP contribution >= 0.6 is 0 Å². The van der Waals surface area contributed by atoms with E-state index in [1.807, 2.05) is 60.7 Å². The molecule has 4 rings (SSSR count). The van der Waals surface area contributed by atoms with Gasteiger partial charge in [-0.15, -0.1) is 0 Å². The number of nitrogens with zero attached hydrogens (tertiary/aromatic N) is 1. The predicted molar refractivity (Wildman–Crippen MR) is 125 cm³/mol. The van der Waals surface area contributed by atoms with E-state index in [1.165, 1.54) is 0 Å². The standard InChI is InChI=1S/C25H28N4O2/c1-17(30)29(22-6-8-23(9-7-22)31-24-10-12-28-13-11-24)16-18-2-3-19-4-5-20(25(26)27)15-21(19)14-18/h2-9,14-15,24,28H,10-13,16H2,1H3,(H3,26,27). The summed E-state index contributed by atoms with van der Waals surface area (Å²) in [4.78, 5) is 14.2. The van der Waals surface area contributed by atoms with Gasteiger partial charge in [0.15, 0.2) is 0 Å². The Morgan fingerprint density at radius 1 is 1.06 bits per heavy atom. The number of anilines is 1. The van der Waals surface area contributed by atoms with Crippen molar-refractivity contribution >= 4 is 28.2 Å². The number of hydrogen-bond donors (Lipinski definition) is 3. The van der Waals surface area contributed by atoms with Crippen LogP contribution in [-0.4, -0.2) is 30.9 Å². The van der Waals surface area contributed by atoms with Gasteiger partial charge in [0.05, 0.1) is 6.54 Å². The highest BCUT2D eigenvalue weighted by Crippen LogP contribution is 2.25. The Morgan fingerprint density at radius 2 is 1.77 bits per heavy atom. The van der Waals surface area contributed by atoms with Crippen LogP contribution in [0.1, 0.15) is 30.9 Å². The molecule has 0 saturated carbocycles. The van der Waals surface area contributed by atoms with E-state index in [-0.39, 0.29) is 17.8 Å². The molecule has 0 atom stereocenters. The van der Waals surface area contributed by atoms with Gasteiger partial charge in [0, 0.05) is 18.2 Å². The van der Waals surface area contributed by atoms with E-state index in [1.54, 1.807) is 11.8 Å². The van der Waals surface area contributed by atoms with Crippen molar-refractivity contribution in [2.45, 2.75) is 32.4 Å². The van der Waals surface area contributed by atoms with Gasteiger partial charge in [-0.25, -0.2) is 0 Å². The number of amides is 1. The van der Waals surface area contributed by atoms with Crippen molar-refractivity contribution in [1.82, 2.24) is 5.32 Å². The number of nitrogens with two attached hydrogens (primary N) is 1. The van der Waals surface area contributed by atoms with Crippen molar-refractivity contribution in [2.75, 3.05) is 18.0 Å². The third kappa shape index (κ3) is 5.03. The number of ether oxygens (including phenoxy) is 1. The summed E-state index contributed by atoms with van der Waals surface area (Å²) in [7, 11) is 0. The zero-order chi connectivity index (χ0) is 21.8. The molecule has 31 heavy (non-hydrogen) atoms. The maximum absolute atomic E-state index is 12.4. The first-order valence-corrected chi connectivity index (χ1v) is 10.6. The molecule has 160 valence electrons. The number of hydrogen-bond acceptors (Lipinski definition) is 4. The first-order chi connectivity index (χ1) is 15.0. The molecule has 1 saturated heterocycles. The Bertz CT molecular complexity index is 1090. The lowest BCUT2D eigenvalue weighted by molar-refractivity contribution is -0.116. The van der Waals surface area contributed by atoms with Crippen molar-refractivity contribution in [2.24, 2.45) is 5.73 Å².